The van der Waals surface area contributed by atoms with E-state index in [1.54, 1.807) is 0 Å². The second kappa shape index (κ2) is 50.8. The molecule has 0 bridgehead atoms. The highest BCUT2D eigenvalue weighted by Gasteiger charge is 2.53. The van der Waals surface area contributed by atoms with Crippen molar-refractivity contribution in [3.8, 4) is 0 Å². The summed E-state index contributed by atoms with van der Waals surface area (Å²) in [6, 6.07) is -0.465. The zero-order valence-electron chi connectivity index (χ0n) is 59.2. The summed E-state index contributed by atoms with van der Waals surface area (Å²) in [5, 5.41) is 213. The molecule has 5 rings (SSSR count). The molecule has 104 heavy (non-hydrogen) atoms. The van der Waals surface area contributed by atoms with Crippen molar-refractivity contribution in [2.24, 2.45) is 0 Å². The van der Waals surface area contributed by atoms with Gasteiger partial charge in [-0.2, -0.15) is 0 Å². The van der Waals surface area contributed by atoms with Crippen molar-refractivity contribution in [1.82, 2.24) is 36.8 Å². The Balaban J connectivity index is 0.961. The van der Waals surface area contributed by atoms with E-state index in [1.807, 2.05) is 4.90 Å². The summed E-state index contributed by atoms with van der Waals surface area (Å²) in [6.45, 7) is 2.95. The van der Waals surface area contributed by atoms with E-state index >= 15 is 0 Å². The molecular weight excluding hydrogens is 1390 g/mol. The van der Waals surface area contributed by atoms with E-state index in [2.05, 4.69) is 31.9 Å². The van der Waals surface area contributed by atoms with Gasteiger partial charge in [-0.1, -0.05) is 25.7 Å². The maximum absolute atomic E-state index is 13.5. The van der Waals surface area contributed by atoms with Gasteiger partial charge in [-0.15, -0.1) is 0 Å². The molecule has 0 aromatic heterocycles. The Kier molecular flexibility index (Phi) is 44.8. The van der Waals surface area contributed by atoms with Crippen LogP contribution in [-0.2, 0) is 61.8 Å². The van der Waals surface area contributed by atoms with Crippen molar-refractivity contribution in [1.29, 1.82) is 0 Å². The number of nitrogens with one attached hydrogen (secondary N) is 6. The van der Waals surface area contributed by atoms with Gasteiger partial charge in [0, 0.05) is 52.1 Å². The topological polar surface area (TPSA) is 603 Å². The maximum atomic E-state index is 13.5. The first-order valence-electron chi connectivity index (χ1n) is 36.7. The largest absolute Gasteiger partial charge is 0.481 e. The quantitative estimate of drug-likeness (QED) is 0.0252. The van der Waals surface area contributed by atoms with Crippen LogP contribution in [0.4, 0.5) is 0 Å². The van der Waals surface area contributed by atoms with E-state index in [9.17, 15) is 106 Å². The lowest BCUT2D eigenvalue weighted by Crippen LogP contribution is -2.65. The lowest BCUT2D eigenvalue weighted by molar-refractivity contribution is -0.366. The standard InChI is InChI=1S/C65H123N7O32/c73-32-38-45(80)50(85)54(89)61(99-38)96-30-27-72(28-31-97-62-55(90)51(86)46(81)39(33-74)100-62)26-12-2-1-7-17-66-19-10-11-20-67-21-13-14-37(69-24-23-68-18-8-4-6-16-44(78)79)60(94)71-22-9-3-5-15-43(77)70-25-29-95-64-58(93)59(104-65-57(92)53(88)48(83)41(35-76)102-65)49(84)42(103-64)36-98-63-56(91)52(87)47(82)40(34-75)101-63/h37-42,45-59,61-69,73-76,80-93H,1-36H2,(H,70,77)(H,71,94)(H,78,79)/t37?,38-,39-,40-,41-,42-,45-,46-,47-,48-,49-,50+,51+,52+,53+,54+,55+,56+,57+,58+,59+,61+,62+,63+,64+,65-/m1/s1. The van der Waals surface area contributed by atoms with Crippen molar-refractivity contribution in [3.63, 3.8) is 0 Å². The van der Waals surface area contributed by atoms with Crippen LogP contribution in [0.5, 0.6) is 0 Å². The molecule has 5 fully saturated rings. The molecule has 0 radical (unpaired) electrons. The van der Waals surface area contributed by atoms with E-state index in [0.29, 0.717) is 84.5 Å². The van der Waals surface area contributed by atoms with Gasteiger partial charge in [0.1, 0.15) is 122 Å². The molecule has 2 amide bonds. The average molecular weight is 1510 g/mol. The van der Waals surface area contributed by atoms with Crippen LogP contribution in [0.25, 0.3) is 0 Å². The lowest BCUT2D eigenvalue weighted by Gasteiger charge is -2.46. The molecule has 5 aliphatic rings. The van der Waals surface area contributed by atoms with Gasteiger partial charge in [-0.3, -0.25) is 19.3 Å². The molecule has 610 valence electrons. The van der Waals surface area contributed by atoms with Gasteiger partial charge in [0.25, 0.3) is 0 Å². The molecule has 5 saturated heterocycles. The number of carbonyl (C=O) groups is 3. The molecular formula is C65H123N7O32. The van der Waals surface area contributed by atoms with Crippen molar-refractivity contribution in [2.75, 3.05) is 131 Å². The minimum atomic E-state index is -1.93. The highest BCUT2D eigenvalue weighted by atomic mass is 16.8. The number of aliphatic carboxylic acids is 1. The van der Waals surface area contributed by atoms with Crippen molar-refractivity contribution in [2.45, 2.75) is 262 Å². The second-order valence-electron chi connectivity index (χ2n) is 26.9. The Morgan fingerprint density at radius 2 is 0.760 bits per heavy atom. The van der Waals surface area contributed by atoms with Gasteiger partial charge in [0.15, 0.2) is 31.5 Å². The Hall–Kier alpha value is -2.91. The van der Waals surface area contributed by atoms with E-state index in [4.69, 9.17) is 52.5 Å². The highest BCUT2D eigenvalue weighted by Crippen LogP contribution is 2.32. The van der Waals surface area contributed by atoms with Crippen LogP contribution in [0.1, 0.15) is 103 Å². The molecule has 0 aromatic rings. The predicted octanol–water partition coefficient (Wildman–Crippen LogP) is -10.3. The molecule has 26 atom stereocenters. The summed E-state index contributed by atoms with van der Waals surface area (Å²) in [6.07, 6.45) is -28.9. The number of amides is 2. The third-order valence-electron chi connectivity index (χ3n) is 18.9. The summed E-state index contributed by atoms with van der Waals surface area (Å²) in [7, 11) is 0. The molecule has 0 saturated carbocycles. The van der Waals surface area contributed by atoms with Crippen LogP contribution < -0.4 is 31.9 Å². The number of rotatable bonds is 54. The summed E-state index contributed by atoms with van der Waals surface area (Å²) in [4.78, 5) is 39.2. The summed E-state index contributed by atoms with van der Waals surface area (Å²) in [5.74, 6) is -1.30. The molecule has 0 aromatic carbocycles. The number of carboxylic acids is 1. The number of aliphatic hydroxyl groups excluding tert-OH is 18. The van der Waals surface area contributed by atoms with Crippen molar-refractivity contribution < 1.29 is 159 Å². The van der Waals surface area contributed by atoms with E-state index < -0.39 is 199 Å². The van der Waals surface area contributed by atoms with E-state index in [-0.39, 0.29) is 51.0 Å². The van der Waals surface area contributed by atoms with Gasteiger partial charge in [0.05, 0.1) is 58.9 Å². The first-order chi connectivity index (χ1) is 50.0. The van der Waals surface area contributed by atoms with Crippen molar-refractivity contribution >= 4 is 17.8 Å². The Morgan fingerprint density at radius 3 is 1.27 bits per heavy atom. The van der Waals surface area contributed by atoms with Crippen LogP contribution in [-0.4, -0.2) is 411 Å². The summed E-state index contributed by atoms with van der Waals surface area (Å²) in [5.41, 5.74) is 0. The maximum Gasteiger partial charge on any atom is 0.303 e. The Morgan fingerprint density at radius 1 is 0.356 bits per heavy atom. The number of carboxylic acid groups (broad SMARTS) is 1. The smallest absolute Gasteiger partial charge is 0.303 e. The number of carbonyl (C=O) groups excluding carboxylic acids is 2. The molecule has 39 nitrogen and oxygen atoms in total. The first-order valence-corrected chi connectivity index (χ1v) is 36.7. The third kappa shape index (κ3) is 30.7. The zero-order chi connectivity index (χ0) is 76.1. The van der Waals surface area contributed by atoms with Crippen LogP contribution in [0.2, 0.25) is 0 Å². The van der Waals surface area contributed by atoms with Gasteiger partial charge in [-0.25, -0.2) is 0 Å². The zero-order valence-corrected chi connectivity index (χ0v) is 59.2. The number of nitrogens with zero attached hydrogens (tertiary/aromatic N) is 1. The number of unbranched alkanes of at least 4 members (excludes halogenated alkanes) is 8. The molecule has 1 unspecified atom stereocenters. The van der Waals surface area contributed by atoms with Crippen LogP contribution in [0.15, 0.2) is 0 Å². The van der Waals surface area contributed by atoms with Gasteiger partial charge in [-0.05, 0) is 103 Å². The number of hydrogen-bond acceptors (Lipinski definition) is 36. The highest BCUT2D eigenvalue weighted by molar-refractivity contribution is 5.81. The molecule has 0 spiro atoms. The first kappa shape index (κ1) is 91.7. The molecule has 39 heteroatoms. The molecule has 5 heterocycles. The van der Waals surface area contributed by atoms with Gasteiger partial charge < -0.3 is 176 Å². The fourth-order valence-corrected chi connectivity index (χ4v) is 12.4. The van der Waals surface area contributed by atoms with E-state index in [0.717, 1.165) is 77.4 Å². The fraction of sp³-hybridized carbons (Fsp3) is 0.954. The fourth-order valence-electron chi connectivity index (χ4n) is 12.4. The minimum absolute atomic E-state index is 0.0361. The van der Waals surface area contributed by atoms with E-state index in [1.165, 1.54) is 0 Å². The normalized spacial score (nSPS) is 34.4. The predicted molar refractivity (Wildman–Crippen MR) is 359 cm³/mol. The monoisotopic (exact) mass is 1510 g/mol. The minimum Gasteiger partial charge on any atom is -0.481 e. The Bertz CT molecular complexity index is 2250. The average Bonchev–Trinajstić information content (AvgIpc) is 0.788. The second-order valence-corrected chi connectivity index (χ2v) is 26.9. The number of aliphatic hydroxyl groups is 18. The molecule has 25 N–H and O–H groups in total. The SMILES string of the molecule is O=C(O)CCCCCNCCNC(CCCNCCCCNCCCCCCN(CCO[C@H]1O[C@H](CO)[C@@H](O)[C@H](O)[C@@H]1O)CCO[C@H]1O[C@H](CO)[C@@H](O)[C@H](O)[C@@H]1O)C(=O)NCCCCCC(=O)NCCO[C@H]1O[C@H](CO[C@H]2O[C@H](CO)[C@@H](O)[C@H](O)[C@@H]2O)[C@@H](O)[C@H](O[C@H]2O[C@H](CO)[C@@H](O)[C@H](O)[C@@H]2O)[C@@H]1O. The van der Waals surface area contributed by atoms with Gasteiger partial charge >= 0.3 is 5.97 Å². The van der Waals surface area contributed by atoms with Crippen LogP contribution >= 0.6 is 0 Å². The van der Waals surface area contributed by atoms with Crippen LogP contribution in [0.3, 0.4) is 0 Å². The lowest BCUT2D eigenvalue weighted by atomic mass is 9.96. The summed E-state index contributed by atoms with van der Waals surface area (Å²) >= 11 is 0. The number of hydrogen-bond donors (Lipinski definition) is 25. The van der Waals surface area contributed by atoms with Gasteiger partial charge in [0.2, 0.25) is 11.8 Å². The number of ether oxygens (including phenoxy) is 10. The summed E-state index contributed by atoms with van der Waals surface area (Å²) < 4.78 is 56.0. The third-order valence-corrected chi connectivity index (χ3v) is 18.9. The molecule has 5 aliphatic heterocycles. The van der Waals surface area contributed by atoms with Crippen LogP contribution in [0, 0.1) is 0 Å². The molecule has 0 aliphatic carbocycles. The Labute approximate surface area is 605 Å². The van der Waals surface area contributed by atoms with Crippen molar-refractivity contribution in [3.05, 3.63) is 0 Å².